The Morgan fingerprint density at radius 2 is 1.57 bits per heavy atom. The van der Waals surface area contributed by atoms with E-state index in [0.717, 1.165) is 17.5 Å². The summed E-state index contributed by atoms with van der Waals surface area (Å²) in [5.74, 6) is 1.44. The van der Waals surface area contributed by atoms with Gasteiger partial charge in [0.15, 0.2) is 0 Å². The highest BCUT2D eigenvalue weighted by Crippen LogP contribution is 1.95. The Balaban J connectivity index is 0.000000221. The second kappa shape index (κ2) is 12.0. The van der Waals surface area contributed by atoms with Crippen LogP contribution in [0, 0.1) is 20.8 Å². The molecule has 0 bridgehead atoms. The largest absolute Gasteiger partial charge is 0.480 e. The number of esters is 1. The number of carboxylic acid groups (broad SMARTS) is 1. The van der Waals surface area contributed by atoms with E-state index in [2.05, 4.69) is 19.9 Å². The molecule has 28 heavy (non-hydrogen) atoms. The number of aromatic nitrogens is 6. The van der Waals surface area contributed by atoms with Crippen LogP contribution in [-0.4, -0.2) is 52.7 Å². The van der Waals surface area contributed by atoms with Gasteiger partial charge in [-0.2, -0.15) is 0 Å². The highest BCUT2D eigenvalue weighted by Gasteiger charge is 2.04. The second-order valence-electron chi connectivity index (χ2n) is 5.58. The summed E-state index contributed by atoms with van der Waals surface area (Å²) < 4.78 is 8.10. The van der Waals surface area contributed by atoms with Crippen LogP contribution in [0.25, 0.3) is 0 Å². The quantitative estimate of drug-likeness (QED) is 0.635. The van der Waals surface area contributed by atoms with E-state index in [9.17, 15) is 9.59 Å². The lowest BCUT2D eigenvalue weighted by Gasteiger charge is -2.03. The minimum Gasteiger partial charge on any atom is -0.480 e. The van der Waals surface area contributed by atoms with Gasteiger partial charge < -0.3 is 24.0 Å². The normalized spacial score (nSPS) is 9.57. The van der Waals surface area contributed by atoms with E-state index >= 15 is 0 Å². The van der Waals surface area contributed by atoms with Gasteiger partial charge in [-0.05, 0) is 27.7 Å². The Hall–Kier alpha value is -3.43. The molecular formula is C18H26N6O4. The monoisotopic (exact) mass is 390 g/mol. The van der Waals surface area contributed by atoms with Crippen molar-refractivity contribution in [1.82, 2.24) is 29.1 Å². The summed E-state index contributed by atoms with van der Waals surface area (Å²) in [6.45, 7) is 7.99. The molecule has 0 aliphatic heterocycles. The lowest BCUT2D eigenvalue weighted by atomic mass is 10.6. The van der Waals surface area contributed by atoms with Gasteiger partial charge in [0.05, 0.1) is 6.61 Å². The fourth-order valence-corrected chi connectivity index (χ4v) is 1.98. The summed E-state index contributed by atoms with van der Waals surface area (Å²) in [4.78, 5) is 35.8. The summed E-state index contributed by atoms with van der Waals surface area (Å²) in [6, 6.07) is 0. The van der Waals surface area contributed by atoms with Gasteiger partial charge in [-0.1, -0.05) is 0 Å². The number of aromatic amines is 1. The number of aryl methyl sites for hydroxylation is 3. The van der Waals surface area contributed by atoms with E-state index in [1.165, 1.54) is 0 Å². The molecule has 0 unspecified atom stereocenters. The van der Waals surface area contributed by atoms with E-state index < -0.39 is 5.97 Å². The summed E-state index contributed by atoms with van der Waals surface area (Å²) >= 11 is 0. The molecule has 10 heteroatoms. The molecule has 0 fully saturated rings. The first-order chi connectivity index (χ1) is 13.3. The molecule has 0 spiro atoms. The zero-order chi connectivity index (χ0) is 20.9. The van der Waals surface area contributed by atoms with Crippen molar-refractivity contribution in [2.45, 2.75) is 40.8 Å². The number of rotatable bonds is 5. The summed E-state index contributed by atoms with van der Waals surface area (Å²) in [6.07, 6.45) is 10.2. The average molecular weight is 390 g/mol. The first kappa shape index (κ1) is 22.6. The first-order valence-corrected chi connectivity index (χ1v) is 8.62. The Labute approximate surface area is 163 Å². The molecule has 0 amide bonds. The lowest BCUT2D eigenvalue weighted by Crippen LogP contribution is -2.13. The summed E-state index contributed by atoms with van der Waals surface area (Å²) in [7, 11) is 0. The van der Waals surface area contributed by atoms with Crippen molar-refractivity contribution >= 4 is 11.9 Å². The minimum absolute atomic E-state index is 0.00810. The van der Waals surface area contributed by atoms with Crippen LogP contribution >= 0.6 is 0 Å². The molecule has 3 aromatic heterocycles. The second-order valence-corrected chi connectivity index (χ2v) is 5.58. The standard InChI is InChI=1S/C8H12N2O2.C6H8N2O2.C4H6N2/c1-3-12-8(11)6-10-5-4-9-7(10)2;1-5-7-2-3-8(5)4-6(9)10;1-4-5-2-3-6-4/h4-5H,3,6H2,1-2H3;2-3H,4H2,1H3,(H,9,10);2-3H,1H3,(H,5,6). The van der Waals surface area contributed by atoms with Gasteiger partial charge in [0.25, 0.3) is 0 Å². The number of H-pyrrole nitrogens is 1. The van der Waals surface area contributed by atoms with Gasteiger partial charge in [0.2, 0.25) is 0 Å². The number of hydrogen-bond donors (Lipinski definition) is 2. The maximum absolute atomic E-state index is 11.0. The number of nitrogens with one attached hydrogen (secondary N) is 1. The van der Waals surface area contributed by atoms with E-state index in [4.69, 9.17) is 9.84 Å². The van der Waals surface area contributed by atoms with Crippen molar-refractivity contribution in [3.05, 3.63) is 54.7 Å². The molecule has 0 saturated heterocycles. The number of imidazole rings is 3. The van der Waals surface area contributed by atoms with Crippen LogP contribution in [0.1, 0.15) is 24.4 Å². The summed E-state index contributed by atoms with van der Waals surface area (Å²) in [5.41, 5.74) is 0. The van der Waals surface area contributed by atoms with E-state index in [-0.39, 0.29) is 19.1 Å². The van der Waals surface area contributed by atoms with Gasteiger partial charge in [-0.25, -0.2) is 15.0 Å². The van der Waals surface area contributed by atoms with Crippen LogP contribution in [0.3, 0.4) is 0 Å². The maximum atomic E-state index is 11.0. The van der Waals surface area contributed by atoms with Crippen LogP contribution in [0.2, 0.25) is 0 Å². The third-order valence-electron chi connectivity index (χ3n) is 3.39. The van der Waals surface area contributed by atoms with E-state index in [1.807, 2.05) is 13.8 Å². The molecule has 10 nitrogen and oxygen atoms in total. The molecule has 3 rings (SSSR count). The minimum atomic E-state index is -0.846. The molecule has 0 atom stereocenters. The zero-order valence-electron chi connectivity index (χ0n) is 16.5. The number of nitrogens with zero attached hydrogens (tertiary/aromatic N) is 5. The van der Waals surface area contributed by atoms with E-state index in [1.54, 1.807) is 60.2 Å². The van der Waals surface area contributed by atoms with E-state index in [0.29, 0.717) is 6.61 Å². The lowest BCUT2D eigenvalue weighted by molar-refractivity contribution is -0.144. The number of carbonyl (C=O) groups excluding carboxylic acids is 1. The van der Waals surface area contributed by atoms with Crippen LogP contribution in [0.15, 0.2) is 37.2 Å². The van der Waals surface area contributed by atoms with Crippen molar-refractivity contribution < 1.29 is 19.4 Å². The Kier molecular flexibility index (Phi) is 9.73. The predicted octanol–water partition coefficient (Wildman–Crippen LogP) is 1.75. The van der Waals surface area contributed by atoms with Crippen molar-refractivity contribution in [2.24, 2.45) is 0 Å². The molecule has 3 heterocycles. The molecule has 0 aromatic carbocycles. The third kappa shape index (κ3) is 8.79. The first-order valence-electron chi connectivity index (χ1n) is 8.62. The van der Waals surface area contributed by atoms with Crippen LogP contribution in [-0.2, 0) is 27.4 Å². The average Bonchev–Trinajstić information content (AvgIpc) is 3.35. The summed E-state index contributed by atoms with van der Waals surface area (Å²) in [5, 5.41) is 8.36. The highest BCUT2D eigenvalue weighted by atomic mass is 16.5. The van der Waals surface area contributed by atoms with Gasteiger partial charge >= 0.3 is 11.9 Å². The van der Waals surface area contributed by atoms with Gasteiger partial charge in [0.1, 0.15) is 30.6 Å². The molecule has 0 aliphatic rings. The molecule has 2 N–H and O–H groups in total. The topological polar surface area (TPSA) is 128 Å². The Bertz CT molecular complexity index is 838. The molecule has 0 radical (unpaired) electrons. The number of carbonyl (C=O) groups is 2. The Morgan fingerprint density at radius 3 is 1.89 bits per heavy atom. The number of carboxylic acids is 1. The predicted molar refractivity (Wildman–Crippen MR) is 102 cm³/mol. The van der Waals surface area contributed by atoms with Crippen molar-refractivity contribution in [1.29, 1.82) is 0 Å². The highest BCUT2D eigenvalue weighted by molar-refractivity contribution is 5.69. The van der Waals surface area contributed by atoms with Crippen LogP contribution in [0.5, 0.6) is 0 Å². The van der Waals surface area contributed by atoms with Crippen molar-refractivity contribution in [2.75, 3.05) is 6.61 Å². The van der Waals surface area contributed by atoms with Crippen LogP contribution in [0.4, 0.5) is 0 Å². The molecule has 0 saturated carbocycles. The van der Waals surface area contributed by atoms with Gasteiger partial charge in [-0.15, -0.1) is 0 Å². The molecule has 3 aromatic rings. The zero-order valence-corrected chi connectivity index (χ0v) is 16.5. The molecular weight excluding hydrogens is 364 g/mol. The SMILES string of the molecule is CCOC(=O)Cn1ccnc1C.Cc1ncc[nH]1.Cc1nccn1CC(=O)O. The molecule has 152 valence electrons. The third-order valence-corrected chi connectivity index (χ3v) is 3.39. The fourth-order valence-electron chi connectivity index (χ4n) is 1.98. The molecule has 0 aliphatic carbocycles. The number of ether oxygens (including phenoxy) is 1. The maximum Gasteiger partial charge on any atom is 0.325 e. The number of hydrogen-bond acceptors (Lipinski definition) is 6. The van der Waals surface area contributed by atoms with Crippen molar-refractivity contribution in [3.63, 3.8) is 0 Å². The number of aliphatic carboxylic acids is 1. The Morgan fingerprint density at radius 1 is 1.00 bits per heavy atom. The van der Waals surface area contributed by atoms with Crippen LogP contribution < -0.4 is 0 Å². The van der Waals surface area contributed by atoms with Crippen molar-refractivity contribution in [3.8, 4) is 0 Å². The van der Waals surface area contributed by atoms with Gasteiger partial charge in [0, 0.05) is 37.2 Å². The smallest absolute Gasteiger partial charge is 0.325 e. The van der Waals surface area contributed by atoms with Gasteiger partial charge in [-0.3, -0.25) is 9.59 Å². The fraction of sp³-hybridized carbons (Fsp3) is 0.389.